The van der Waals surface area contributed by atoms with Crippen LogP contribution in [0.5, 0.6) is 5.75 Å². The summed E-state index contributed by atoms with van der Waals surface area (Å²) in [4.78, 5) is 18.5. The van der Waals surface area contributed by atoms with Crippen molar-refractivity contribution in [2.75, 3.05) is 6.61 Å². The van der Waals surface area contributed by atoms with E-state index >= 15 is 0 Å². The van der Waals surface area contributed by atoms with Crippen LogP contribution < -0.4 is 4.74 Å². The van der Waals surface area contributed by atoms with E-state index in [1.807, 2.05) is 6.92 Å². The molecule has 1 aliphatic rings. The number of aromatic nitrogens is 1. The number of hydrogen-bond acceptors (Lipinski definition) is 5. The van der Waals surface area contributed by atoms with E-state index in [1.165, 1.54) is 6.20 Å². The van der Waals surface area contributed by atoms with Crippen molar-refractivity contribution in [3.8, 4) is 17.9 Å². The molecule has 0 bridgehead atoms. The molecular weight excluding hydrogens is 280 g/mol. The highest BCUT2D eigenvalue weighted by atomic mass is 16.5. The fraction of sp³-hybridized carbons (Fsp3) is 0.500. The second-order valence-electron chi connectivity index (χ2n) is 6.10. The van der Waals surface area contributed by atoms with Crippen molar-refractivity contribution >= 4 is 5.91 Å². The molecule has 6 heteroatoms. The molecule has 0 aliphatic carbocycles. The van der Waals surface area contributed by atoms with Gasteiger partial charge in [-0.05, 0) is 6.92 Å². The number of hydrogen-bond donors (Lipinski definition) is 0. The molecule has 22 heavy (non-hydrogen) atoms. The van der Waals surface area contributed by atoms with Crippen molar-refractivity contribution in [2.45, 2.75) is 39.8 Å². The topological polar surface area (TPSA) is 90.0 Å². The maximum atomic E-state index is 12.8. The number of nitrogens with zero attached hydrogens (tertiary/aromatic N) is 4. The molecule has 1 aliphatic heterocycles. The summed E-state index contributed by atoms with van der Waals surface area (Å²) in [5.41, 5.74) is 0.327. The van der Waals surface area contributed by atoms with E-state index in [4.69, 9.17) is 15.3 Å². The fourth-order valence-electron chi connectivity index (χ4n) is 2.42. The molecular formula is C16H18N4O2. The molecule has 2 heterocycles. The Morgan fingerprint density at radius 3 is 2.86 bits per heavy atom. The van der Waals surface area contributed by atoms with Crippen LogP contribution in [0.3, 0.4) is 0 Å². The molecule has 0 fully saturated rings. The number of nitriles is 2. The normalized spacial score (nSPS) is 17.5. The third-order valence-electron chi connectivity index (χ3n) is 3.79. The van der Waals surface area contributed by atoms with Crippen molar-refractivity contribution in [1.29, 1.82) is 10.5 Å². The second-order valence-corrected chi connectivity index (χ2v) is 6.10. The monoisotopic (exact) mass is 298 g/mol. The van der Waals surface area contributed by atoms with Crippen LogP contribution in [0.2, 0.25) is 0 Å². The highest BCUT2D eigenvalue weighted by molar-refractivity contribution is 5.82. The van der Waals surface area contributed by atoms with Gasteiger partial charge in [0, 0.05) is 24.4 Å². The van der Waals surface area contributed by atoms with Gasteiger partial charge in [-0.1, -0.05) is 13.8 Å². The largest absolute Gasteiger partial charge is 0.490 e. The van der Waals surface area contributed by atoms with Gasteiger partial charge >= 0.3 is 0 Å². The Balaban J connectivity index is 2.36. The van der Waals surface area contributed by atoms with Gasteiger partial charge in [-0.15, -0.1) is 0 Å². The molecule has 0 spiro atoms. The molecule has 2 rings (SSSR count). The first-order valence-corrected chi connectivity index (χ1v) is 7.08. The molecule has 1 aromatic heterocycles. The Bertz CT molecular complexity index is 670. The summed E-state index contributed by atoms with van der Waals surface area (Å²) < 4.78 is 5.71. The van der Waals surface area contributed by atoms with Crippen LogP contribution in [0.25, 0.3) is 0 Å². The summed E-state index contributed by atoms with van der Waals surface area (Å²) in [6.07, 6.45) is 3.23. The zero-order valence-corrected chi connectivity index (χ0v) is 13.0. The maximum absolute atomic E-state index is 12.8. The predicted molar refractivity (Wildman–Crippen MR) is 78.5 cm³/mol. The van der Waals surface area contributed by atoms with Crippen LogP contribution in [-0.2, 0) is 11.3 Å². The van der Waals surface area contributed by atoms with E-state index in [9.17, 15) is 4.79 Å². The maximum Gasteiger partial charge on any atom is 0.229 e. The smallest absolute Gasteiger partial charge is 0.229 e. The molecule has 0 saturated heterocycles. The minimum atomic E-state index is -0.756. The Labute approximate surface area is 129 Å². The fourth-order valence-corrected chi connectivity index (χ4v) is 2.42. The van der Waals surface area contributed by atoms with Crippen molar-refractivity contribution in [1.82, 2.24) is 9.88 Å². The third kappa shape index (κ3) is 2.87. The van der Waals surface area contributed by atoms with E-state index in [-0.39, 0.29) is 18.4 Å². The Morgan fingerprint density at radius 1 is 1.50 bits per heavy atom. The van der Waals surface area contributed by atoms with Crippen LogP contribution in [-0.4, -0.2) is 28.4 Å². The lowest BCUT2D eigenvalue weighted by molar-refractivity contribution is -0.143. The van der Waals surface area contributed by atoms with Crippen molar-refractivity contribution in [3.63, 3.8) is 0 Å². The summed E-state index contributed by atoms with van der Waals surface area (Å²) in [7, 11) is 0. The molecule has 0 radical (unpaired) electrons. The number of carbonyl (C=O) groups excluding carboxylic acids is 1. The lowest BCUT2D eigenvalue weighted by Gasteiger charge is -2.33. The number of fused-ring (bicyclic) bond motifs is 1. The van der Waals surface area contributed by atoms with E-state index < -0.39 is 5.41 Å². The molecule has 114 valence electrons. The average molecular weight is 298 g/mol. The van der Waals surface area contributed by atoms with Gasteiger partial charge in [-0.2, -0.15) is 10.5 Å². The van der Waals surface area contributed by atoms with Gasteiger partial charge in [0.25, 0.3) is 0 Å². The Hall–Kier alpha value is -2.60. The third-order valence-corrected chi connectivity index (χ3v) is 3.79. The zero-order chi connectivity index (χ0) is 16.3. The van der Waals surface area contributed by atoms with Crippen LogP contribution in [0.15, 0.2) is 12.4 Å². The molecule has 1 atom stereocenters. The number of amides is 1. The van der Waals surface area contributed by atoms with Crippen LogP contribution >= 0.6 is 0 Å². The summed E-state index contributed by atoms with van der Waals surface area (Å²) >= 11 is 0. The van der Waals surface area contributed by atoms with Crippen molar-refractivity contribution in [2.24, 2.45) is 5.41 Å². The van der Waals surface area contributed by atoms with Gasteiger partial charge in [-0.25, -0.2) is 0 Å². The standard InChI is InChI=1S/C16H18N4O2/c1-11-10-22-14-12(6-18)7-19-8-13(14)9-20(11)15(21)16(2,3)4-5-17/h7-8,11H,4,9-10H2,1-3H3/t11-/m1/s1. The quantitative estimate of drug-likeness (QED) is 0.833. The van der Waals surface area contributed by atoms with Gasteiger partial charge in [0.2, 0.25) is 5.91 Å². The highest BCUT2D eigenvalue weighted by Crippen LogP contribution is 2.31. The van der Waals surface area contributed by atoms with Crippen LogP contribution in [0, 0.1) is 28.1 Å². The zero-order valence-electron chi connectivity index (χ0n) is 13.0. The number of rotatable bonds is 2. The average Bonchev–Trinajstić information content (AvgIpc) is 2.65. The lowest BCUT2D eigenvalue weighted by Crippen LogP contribution is -2.46. The lowest BCUT2D eigenvalue weighted by atomic mass is 9.87. The molecule has 1 aromatic rings. The van der Waals surface area contributed by atoms with Crippen LogP contribution in [0.1, 0.15) is 38.3 Å². The van der Waals surface area contributed by atoms with Gasteiger partial charge in [0.15, 0.2) is 0 Å². The molecule has 6 nitrogen and oxygen atoms in total. The Morgan fingerprint density at radius 2 is 2.23 bits per heavy atom. The van der Waals surface area contributed by atoms with E-state index in [0.29, 0.717) is 30.0 Å². The first-order chi connectivity index (χ1) is 10.4. The molecule has 0 N–H and O–H groups in total. The van der Waals surface area contributed by atoms with E-state index in [2.05, 4.69) is 17.1 Å². The summed E-state index contributed by atoms with van der Waals surface area (Å²) in [5, 5.41) is 18.0. The molecule has 0 aromatic carbocycles. The number of pyridine rings is 1. The van der Waals surface area contributed by atoms with Gasteiger partial charge in [0.05, 0.1) is 24.1 Å². The van der Waals surface area contributed by atoms with Crippen molar-refractivity contribution < 1.29 is 9.53 Å². The first-order valence-electron chi connectivity index (χ1n) is 7.08. The Kier molecular flexibility index (Phi) is 4.32. The van der Waals surface area contributed by atoms with E-state index in [0.717, 1.165) is 0 Å². The van der Waals surface area contributed by atoms with Gasteiger partial charge < -0.3 is 9.64 Å². The first kappa shape index (κ1) is 15.8. The summed E-state index contributed by atoms with van der Waals surface area (Å²) in [5.74, 6) is 0.401. The highest BCUT2D eigenvalue weighted by Gasteiger charge is 2.36. The molecule has 0 unspecified atom stereocenters. The van der Waals surface area contributed by atoms with Crippen LogP contribution in [0.4, 0.5) is 0 Å². The predicted octanol–water partition coefficient (Wildman–Crippen LogP) is 2.00. The van der Waals surface area contributed by atoms with E-state index in [1.54, 1.807) is 24.9 Å². The molecule has 1 amide bonds. The summed E-state index contributed by atoms with van der Waals surface area (Å²) in [6, 6.07) is 3.97. The SMILES string of the molecule is C[C@@H]1COc2c(C#N)cncc2CN1C(=O)C(C)(C)CC#N. The van der Waals surface area contributed by atoms with Gasteiger partial charge in [-0.3, -0.25) is 9.78 Å². The minimum Gasteiger partial charge on any atom is -0.490 e. The summed E-state index contributed by atoms with van der Waals surface area (Å²) in [6.45, 7) is 6.06. The van der Waals surface area contributed by atoms with Gasteiger partial charge in [0.1, 0.15) is 24.0 Å². The second kappa shape index (κ2) is 6.03. The number of carbonyl (C=O) groups is 1. The van der Waals surface area contributed by atoms with Crippen molar-refractivity contribution in [3.05, 3.63) is 23.5 Å². The molecule has 0 saturated carbocycles. The minimum absolute atomic E-state index is 0.0969. The number of ether oxygens (including phenoxy) is 1.